The van der Waals surface area contributed by atoms with E-state index in [1.54, 1.807) is 18.5 Å². The highest BCUT2D eigenvalue weighted by atomic mass is 32.1. The van der Waals surface area contributed by atoms with Crippen molar-refractivity contribution < 1.29 is 19.1 Å². The molecule has 6 rings (SSSR count). The van der Waals surface area contributed by atoms with Crippen molar-refractivity contribution in [3.63, 3.8) is 0 Å². The molecule has 8 nitrogen and oxygen atoms in total. The van der Waals surface area contributed by atoms with Gasteiger partial charge in [-0.15, -0.1) is 11.3 Å². The number of hydrogen-bond donors (Lipinski definition) is 1. The number of thiophene rings is 1. The van der Waals surface area contributed by atoms with E-state index in [0.717, 1.165) is 39.1 Å². The highest BCUT2D eigenvalue weighted by Gasteiger charge is 2.19. The second-order valence-electron chi connectivity index (χ2n) is 11.0. The lowest BCUT2D eigenvalue weighted by Gasteiger charge is -2.23. The average Bonchev–Trinajstić information content (AvgIpc) is 3.51. The van der Waals surface area contributed by atoms with Gasteiger partial charge < -0.3 is 14.8 Å². The third-order valence-corrected chi connectivity index (χ3v) is 8.46. The quantitative estimate of drug-likeness (QED) is 0.227. The van der Waals surface area contributed by atoms with Crippen LogP contribution in [-0.2, 0) is 22.5 Å². The van der Waals surface area contributed by atoms with Crippen LogP contribution in [0.5, 0.6) is 5.75 Å². The summed E-state index contributed by atoms with van der Waals surface area (Å²) in [4.78, 5) is 36.8. The molecule has 1 amide bonds. The van der Waals surface area contributed by atoms with Gasteiger partial charge in [0.15, 0.2) is 5.78 Å². The van der Waals surface area contributed by atoms with Crippen molar-refractivity contribution in [3.05, 3.63) is 130 Å². The molecule has 0 atom stereocenters. The van der Waals surface area contributed by atoms with E-state index in [1.165, 1.54) is 17.7 Å². The van der Waals surface area contributed by atoms with Crippen molar-refractivity contribution in [3.8, 4) is 16.9 Å². The van der Waals surface area contributed by atoms with Gasteiger partial charge in [0, 0.05) is 43.0 Å². The smallest absolute Gasteiger partial charge is 0.239 e. The summed E-state index contributed by atoms with van der Waals surface area (Å²) in [7, 11) is 0. The van der Waals surface area contributed by atoms with E-state index in [-0.39, 0.29) is 18.2 Å². The fourth-order valence-electron chi connectivity index (χ4n) is 5.34. The first-order chi connectivity index (χ1) is 22.0. The lowest BCUT2D eigenvalue weighted by Crippen LogP contribution is -2.35. The van der Waals surface area contributed by atoms with Crippen molar-refractivity contribution in [1.82, 2.24) is 14.9 Å². The van der Waals surface area contributed by atoms with Crippen molar-refractivity contribution in [2.24, 2.45) is 0 Å². The van der Waals surface area contributed by atoms with Gasteiger partial charge in [0.1, 0.15) is 23.7 Å². The van der Waals surface area contributed by atoms with Crippen LogP contribution in [0.1, 0.15) is 38.2 Å². The summed E-state index contributed by atoms with van der Waals surface area (Å²) in [5.74, 6) is 0.541. The number of carbonyl (C=O) groups excluding carboxylic acids is 2. The second-order valence-corrected chi connectivity index (χ2v) is 11.9. The zero-order valence-electron chi connectivity index (χ0n) is 25.1. The van der Waals surface area contributed by atoms with Crippen LogP contribution in [0.4, 0.5) is 5.00 Å². The van der Waals surface area contributed by atoms with E-state index in [9.17, 15) is 9.59 Å². The maximum atomic E-state index is 13.3. The minimum atomic E-state index is -0.178. The number of rotatable bonds is 6. The molecule has 45 heavy (non-hydrogen) atoms. The number of benzene rings is 3. The van der Waals surface area contributed by atoms with Gasteiger partial charge in [0.2, 0.25) is 5.91 Å². The number of hydrogen-bond acceptors (Lipinski definition) is 8. The molecule has 0 spiro atoms. The number of ether oxygens (including phenoxy) is 2. The van der Waals surface area contributed by atoms with Gasteiger partial charge in [-0.1, -0.05) is 60.2 Å². The Hall–Kier alpha value is -4.70. The molecule has 0 unspecified atom stereocenters. The van der Waals surface area contributed by atoms with Crippen LogP contribution in [0.25, 0.3) is 11.1 Å². The molecule has 3 heterocycles. The highest BCUT2D eigenvalue weighted by Crippen LogP contribution is 2.29. The monoisotopic (exact) mass is 618 g/mol. The lowest BCUT2D eigenvalue weighted by molar-refractivity contribution is -0.117. The predicted octanol–water partition coefficient (Wildman–Crippen LogP) is 6.19. The lowest BCUT2D eigenvalue weighted by atomic mass is 9.98. The number of amides is 1. The summed E-state index contributed by atoms with van der Waals surface area (Å²) in [5.41, 5.74) is 7.46. The topological polar surface area (TPSA) is 93.7 Å². The number of fused-ring (bicyclic) bond motifs is 3. The first kappa shape index (κ1) is 30.3. The van der Waals surface area contributed by atoms with Crippen molar-refractivity contribution in [2.45, 2.75) is 19.9 Å². The first-order valence-corrected chi connectivity index (χ1v) is 15.8. The van der Waals surface area contributed by atoms with Crippen molar-refractivity contribution in [1.29, 1.82) is 0 Å². The van der Waals surface area contributed by atoms with Crippen molar-refractivity contribution in [2.75, 3.05) is 38.2 Å². The Labute approximate surface area is 266 Å². The van der Waals surface area contributed by atoms with Crippen LogP contribution >= 0.6 is 11.3 Å². The molecule has 0 saturated carbocycles. The fraction of sp³-hybridized carbons (Fsp3) is 0.222. The molecule has 0 radical (unpaired) electrons. The molecule has 3 aromatic carbocycles. The summed E-state index contributed by atoms with van der Waals surface area (Å²) < 4.78 is 12.1. The highest BCUT2D eigenvalue weighted by molar-refractivity contribution is 7.14. The number of nitrogens with zero attached hydrogens (tertiary/aromatic N) is 3. The first-order valence-electron chi connectivity index (χ1n) is 14.9. The summed E-state index contributed by atoms with van der Waals surface area (Å²) in [5, 5.41) is 5.38. The minimum Gasteiger partial charge on any atom is -0.491 e. The Morgan fingerprint density at radius 3 is 2.58 bits per heavy atom. The Morgan fingerprint density at radius 1 is 0.911 bits per heavy atom. The summed E-state index contributed by atoms with van der Waals surface area (Å²) in [6.45, 7) is 4.58. The Bertz CT molecular complexity index is 1770. The van der Waals surface area contributed by atoms with Crippen LogP contribution in [-0.4, -0.2) is 59.5 Å². The van der Waals surface area contributed by atoms with Gasteiger partial charge in [-0.3, -0.25) is 14.5 Å². The molecule has 1 aliphatic heterocycles. The fourth-order valence-corrected chi connectivity index (χ4v) is 6.14. The second kappa shape index (κ2) is 14.4. The summed E-state index contributed by atoms with van der Waals surface area (Å²) in [6, 6.07) is 23.8. The number of nitrogens with one attached hydrogen (secondary N) is 1. The van der Waals surface area contributed by atoms with E-state index in [2.05, 4.69) is 50.5 Å². The number of anilines is 1. The Morgan fingerprint density at radius 2 is 1.73 bits per heavy atom. The molecule has 5 aromatic rings. The zero-order chi connectivity index (χ0) is 31.0. The number of aromatic nitrogens is 2. The standard InChI is InChI=1S/C36H34N4O4S/c1-25-5-7-28(8-6-25)35(42)32-11-16-45-36(32)39-34(41)23-40-12-13-43-14-15-44-33-10-9-29(31-20-37-24-38-21-31)19-30(33)18-26-3-2-4-27(17-26)22-40/h2-11,16-17,19-21,24H,12-15,18,22-23H2,1H3,(H,39,41). The third kappa shape index (κ3) is 7.88. The van der Waals surface area contributed by atoms with Crippen LogP contribution in [0.15, 0.2) is 96.9 Å². The molecule has 228 valence electrons. The van der Waals surface area contributed by atoms with Gasteiger partial charge in [-0.25, -0.2) is 9.97 Å². The number of carbonyl (C=O) groups is 2. The van der Waals surface area contributed by atoms with Crippen LogP contribution in [0, 0.1) is 6.92 Å². The SMILES string of the molecule is Cc1ccc(C(=O)c2ccsc2NC(=O)CN2CCOCCOc3ccc(-c4cncnc4)cc3Cc3cccc(c3)C2)cc1. The van der Waals surface area contributed by atoms with E-state index in [4.69, 9.17) is 9.47 Å². The molecular formula is C36H34N4O4S. The van der Waals surface area contributed by atoms with E-state index in [0.29, 0.717) is 55.5 Å². The molecule has 2 bridgehead atoms. The van der Waals surface area contributed by atoms with Gasteiger partial charge in [0.25, 0.3) is 0 Å². The molecule has 0 fully saturated rings. The van der Waals surface area contributed by atoms with Crippen LogP contribution < -0.4 is 10.1 Å². The van der Waals surface area contributed by atoms with E-state index < -0.39 is 0 Å². The zero-order valence-corrected chi connectivity index (χ0v) is 25.9. The number of aryl methyl sites for hydroxylation is 1. The maximum Gasteiger partial charge on any atom is 0.239 e. The average molecular weight is 619 g/mol. The van der Waals surface area contributed by atoms with Gasteiger partial charge in [0.05, 0.1) is 25.3 Å². The van der Waals surface area contributed by atoms with Gasteiger partial charge >= 0.3 is 0 Å². The van der Waals surface area contributed by atoms with Crippen molar-refractivity contribution >= 4 is 28.0 Å². The molecular weight excluding hydrogens is 584 g/mol. The minimum absolute atomic E-state index is 0.108. The van der Waals surface area contributed by atoms with E-state index >= 15 is 0 Å². The largest absolute Gasteiger partial charge is 0.491 e. The van der Waals surface area contributed by atoms with Crippen LogP contribution in [0.3, 0.4) is 0 Å². The normalized spacial score (nSPS) is 14.1. The Balaban J connectivity index is 1.17. The predicted molar refractivity (Wildman–Crippen MR) is 176 cm³/mol. The number of ketones is 1. The van der Waals surface area contributed by atoms with Crippen LogP contribution in [0.2, 0.25) is 0 Å². The molecule has 1 aliphatic rings. The Kier molecular flexibility index (Phi) is 9.70. The summed E-state index contributed by atoms with van der Waals surface area (Å²) >= 11 is 1.35. The maximum absolute atomic E-state index is 13.3. The molecule has 9 heteroatoms. The van der Waals surface area contributed by atoms with Gasteiger partial charge in [-0.2, -0.15) is 0 Å². The third-order valence-electron chi connectivity index (χ3n) is 7.63. The molecule has 1 N–H and O–H groups in total. The molecule has 0 aliphatic carbocycles. The van der Waals surface area contributed by atoms with Gasteiger partial charge in [-0.05, 0) is 52.8 Å². The molecule has 0 saturated heterocycles. The van der Waals surface area contributed by atoms with E-state index in [1.807, 2.05) is 48.7 Å². The molecule has 2 aromatic heterocycles. The summed E-state index contributed by atoms with van der Waals surface area (Å²) in [6.07, 6.45) is 5.82.